The van der Waals surface area contributed by atoms with Crippen molar-refractivity contribution in [2.75, 3.05) is 0 Å². The van der Waals surface area contributed by atoms with E-state index in [1.807, 2.05) is 0 Å². The molecular weight excluding hydrogens is 296 g/mol. The molecule has 0 heterocycles. The molecule has 0 amide bonds. The number of hydrogen-bond donors (Lipinski definition) is 0. The van der Waals surface area contributed by atoms with Crippen LogP contribution in [0.25, 0.3) is 5.57 Å². The lowest BCUT2D eigenvalue weighted by Gasteiger charge is -2.37. The van der Waals surface area contributed by atoms with Gasteiger partial charge in [-0.15, -0.1) is 0 Å². The third kappa shape index (κ3) is 4.14. The average molecular weight is 325 g/mol. The van der Waals surface area contributed by atoms with E-state index in [-0.39, 0.29) is 5.04 Å². The third-order valence-corrected chi connectivity index (χ3v) is 9.12. The lowest BCUT2D eigenvalue weighted by molar-refractivity contribution is 0.388. The van der Waals surface area contributed by atoms with E-state index in [1.54, 1.807) is 0 Å². The van der Waals surface area contributed by atoms with Crippen molar-refractivity contribution < 1.29 is 4.43 Å². The Balaban J connectivity index is 2.53. The van der Waals surface area contributed by atoms with Gasteiger partial charge in [0.1, 0.15) is 0 Å². The molecule has 2 heteroatoms. The van der Waals surface area contributed by atoms with E-state index in [0.717, 1.165) is 5.76 Å². The van der Waals surface area contributed by atoms with Gasteiger partial charge in [-0.1, -0.05) is 81.4 Å². The summed E-state index contributed by atoms with van der Waals surface area (Å²) in [6.45, 7) is 13.5. The summed E-state index contributed by atoms with van der Waals surface area (Å²) in [5.74, 6) is 1.02. The summed E-state index contributed by atoms with van der Waals surface area (Å²) in [5.41, 5.74) is 3.60. The van der Waals surface area contributed by atoms with Gasteiger partial charge in [-0.05, 0) is 36.2 Å². The molecule has 0 bridgehead atoms. The molecule has 122 valence electrons. The van der Waals surface area contributed by atoms with E-state index < -0.39 is 8.32 Å². The van der Waals surface area contributed by atoms with Gasteiger partial charge in [0.05, 0.1) is 5.76 Å². The van der Waals surface area contributed by atoms with E-state index >= 15 is 0 Å². The normalized spacial score (nSPS) is 11.9. The van der Waals surface area contributed by atoms with Crippen molar-refractivity contribution in [3.63, 3.8) is 0 Å². The minimum absolute atomic E-state index is 0.187. The minimum Gasteiger partial charge on any atom is -0.546 e. The van der Waals surface area contributed by atoms with Gasteiger partial charge >= 0.3 is 0 Å². The van der Waals surface area contributed by atoms with Crippen LogP contribution in [-0.4, -0.2) is 8.32 Å². The Morgan fingerprint density at radius 2 is 1.17 bits per heavy atom. The zero-order valence-corrected chi connectivity index (χ0v) is 16.2. The van der Waals surface area contributed by atoms with Crippen LogP contribution in [0, 0.1) is 0 Å². The molecule has 23 heavy (non-hydrogen) atoms. The van der Waals surface area contributed by atoms with Gasteiger partial charge in [-0.25, -0.2) is 0 Å². The number of hydrogen-bond acceptors (Lipinski definition) is 1. The quantitative estimate of drug-likeness (QED) is 0.461. The van der Waals surface area contributed by atoms with Crippen LogP contribution in [0.4, 0.5) is 0 Å². The maximum Gasteiger partial charge on any atom is 0.250 e. The van der Waals surface area contributed by atoms with Gasteiger partial charge in [0.25, 0.3) is 0 Å². The molecule has 0 spiro atoms. The predicted molar refractivity (Wildman–Crippen MR) is 103 cm³/mol. The average Bonchev–Trinajstić information content (AvgIpc) is 2.48. The van der Waals surface area contributed by atoms with Crippen molar-refractivity contribution in [3.8, 4) is 0 Å². The maximum absolute atomic E-state index is 6.59. The van der Waals surface area contributed by atoms with Gasteiger partial charge in [0.2, 0.25) is 8.32 Å². The predicted octanol–water partition coefficient (Wildman–Crippen LogP) is 6.49. The second-order valence-electron chi connectivity index (χ2n) is 7.53. The maximum atomic E-state index is 6.59. The van der Waals surface area contributed by atoms with Gasteiger partial charge in [-0.2, -0.15) is 0 Å². The van der Waals surface area contributed by atoms with Gasteiger partial charge in [0.15, 0.2) is 0 Å². The van der Waals surface area contributed by atoms with Crippen molar-refractivity contribution in [1.29, 1.82) is 0 Å². The molecule has 0 N–H and O–H groups in total. The third-order valence-electron chi connectivity index (χ3n) is 4.69. The van der Waals surface area contributed by atoms with Crippen LogP contribution in [0.2, 0.25) is 18.1 Å². The highest BCUT2D eigenvalue weighted by Crippen LogP contribution is 2.39. The van der Waals surface area contributed by atoms with Crippen molar-refractivity contribution in [2.24, 2.45) is 0 Å². The fourth-order valence-electron chi connectivity index (χ4n) is 2.37. The summed E-state index contributed by atoms with van der Waals surface area (Å²) >= 11 is 0. The van der Waals surface area contributed by atoms with Gasteiger partial charge in [0, 0.05) is 5.57 Å². The van der Waals surface area contributed by atoms with Crippen molar-refractivity contribution in [2.45, 2.75) is 45.8 Å². The standard InChI is InChI=1S/C21H28OSi/c1-17(22-23(5,6)21(2,3)4)20(18-13-9-7-10-14-18)19-15-11-8-12-16-19/h7-16H,1-6H3. The molecule has 0 aliphatic heterocycles. The second-order valence-corrected chi connectivity index (χ2v) is 12.3. The lowest BCUT2D eigenvalue weighted by atomic mass is 9.97. The SMILES string of the molecule is CC(O[Si](C)(C)C(C)(C)C)=C(c1ccccc1)c1ccccc1. The summed E-state index contributed by atoms with van der Waals surface area (Å²) in [6, 6.07) is 21.0. The highest BCUT2D eigenvalue weighted by atomic mass is 28.4. The van der Waals surface area contributed by atoms with E-state index in [2.05, 4.69) is 101 Å². The molecule has 0 saturated carbocycles. The smallest absolute Gasteiger partial charge is 0.250 e. The Labute approximate surface area is 142 Å². The van der Waals surface area contributed by atoms with E-state index in [4.69, 9.17) is 4.43 Å². The Bertz CT molecular complexity index is 622. The number of allylic oxidation sites excluding steroid dienone is 1. The molecule has 2 aromatic carbocycles. The van der Waals surface area contributed by atoms with E-state index in [0.29, 0.717) is 0 Å². The van der Waals surface area contributed by atoms with Gasteiger partial charge < -0.3 is 4.43 Å². The Morgan fingerprint density at radius 3 is 1.52 bits per heavy atom. The molecule has 1 nitrogen and oxygen atoms in total. The van der Waals surface area contributed by atoms with Crippen LogP contribution < -0.4 is 0 Å². The largest absolute Gasteiger partial charge is 0.546 e. The fraction of sp³-hybridized carbons (Fsp3) is 0.333. The Kier molecular flexibility index (Phi) is 5.15. The van der Waals surface area contributed by atoms with E-state index in [1.165, 1.54) is 16.7 Å². The molecule has 0 radical (unpaired) electrons. The van der Waals surface area contributed by atoms with Crippen molar-refractivity contribution in [3.05, 3.63) is 77.5 Å². The van der Waals surface area contributed by atoms with Crippen LogP contribution in [0.1, 0.15) is 38.8 Å². The highest BCUT2D eigenvalue weighted by molar-refractivity contribution is 6.74. The minimum atomic E-state index is -1.85. The van der Waals surface area contributed by atoms with Crippen LogP contribution in [-0.2, 0) is 4.43 Å². The molecule has 0 unspecified atom stereocenters. The zero-order valence-electron chi connectivity index (χ0n) is 15.2. The monoisotopic (exact) mass is 324 g/mol. The lowest BCUT2D eigenvalue weighted by Crippen LogP contribution is -2.40. The molecule has 0 aliphatic carbocycles. The van der Waals surface area contributed by atoms with Crippen LogP contribution in [0.3, 0.4) is 0 Å². The zero-order chi connectivity index (χ0) is 17.1. The Hall–Kier alpha value is -1.80. The molecule has 0 aliphatic rings. The molecule has 2 aromatic rings. The number of rotatable bonds is 4. The van der Waals surface area contributed by atoms with Crippen molar-refractivity contribution >= 4 is 13.9 Å². The number of benzene rings is 2. The molecular formula is C21H28OSi. The fourth-order valence-corrected chi connectivity index (χ4v) is 3.54. The molecule has 0 fully saturated rings. The first-order valence-corrected chi connectivity index (χ1v) is 11.1. The molecule has 0 saturated heterocycles. The summed E-state index contributed by atoms with van der Waals surface area (Å²) in [5, 5.41) is 0.187. The summed E-state index contributed by atoms with van der Waals surface area (Å²) in [6.07, 6.45) is 0. The van der Waals surface area contributed by atoms with Crippen LogP contribution in [0.5, 0.6) is 0 Å². The highest BCUT2D eigenvalue weighted by Gasteiger charge is 2.39. The first-order valence-electron chi connectivity index (χ1n) is 8.23. The summed E-state index contributed by atoms with van der Waals surface area (Å²) in [4.78, 5) is 0. The first kappa shape index (κ1) is 17.5. The molecule has 0 atom stereocenters. The van der Waals surface area contributed by atoms with Crippen molar-refractivity contribution in [1.82, 2.24) is 0 Å². The van der Waals surface area contributed by atoms with E-state index in [9.17, 15) is 0 Å². The summed E-state index contributed by atoms with van der Waals surface area (Å²) in [7, 11) is -1.85. The molecule has 2 rings (SSSR count). The second kappa shape index (κ2) is 6.75. The Morgan fingerprint density at radius 1 is 0.783 bits per heavy atom. The molecule has 0 aromatic heterocycles. The van der Waals surface area contributed by atoms with Crippen LogP contribution in [0.15, 0.2) is 66.4 Å². The van der Waals surface area contributed by atoms with Crippen LogP contribution >= 0.6 is 0 Å². The summed E-state index contributed by atoms with van der Waals surface area (Å²) < 4.78 is 6.59. The topological polar surface area (TPSA) is 9.23 Å². The van der Waals surface area contributed by atoms with Gasteiger partial charge in [-0.3, -0.25) is 0 Å². The first-order chi connectivity index (χ1) is 10.7.